The van der Waals surface area contributed by atoms with Gasteiger partial charge in [-0.25, -0.2) is 17.9 Å². The molecule has 10 nitrogen and oxygen atoms in total. The summed E-state index contributed by atoms with van der Waals surface area (Å²) in [5.74, 6) is -0.937. The Bertz CT molecular complexity index is 1580. The predicted octanol–water partition coefficient (Wildman–Crippen LogP) is 3.42. The van der Waals surface area contributed by atoms with E-state index in [9.17, 15) is 18.0 Å². The van der Waals surface area contributed by atoms with Crippen LogP contribution in [0.4, 0.5) is 10.2 Å². The monoisotopic (exact) mass is 617 g/mol. The Kier molecular flexibility index (Phi) is 8.86. The zero-order valence-corrected chi connectivity index (χ0v) is 24.9. The van der Waals surface area contributed by atoms with E-state index in [1.165, 1.54) is 29.8 Å². The summed E-state index contributed by atoms with van der Waals surface area (Å²) in [4.78, 5) is 29.3. The third-order valence-corrected chi connectivity index (χ3v) is 9.61. The highest BCUT2D eigenvalue weighted by molar-refractivity contribution is 7.88. The molecular formula is C29H33ClFN5O5S. The van der Waals surface area contributed by atoms with Crippen molar-refractivity contribution >= 4 is 33.3 Å². The van der Waals surface area contributed by atoms with Gasteiger partial charge in [-0.1, -0.05) is 29.8 Å². The fraction of sp³-hybridized carbons (Fsp3) is 0.414. The van der Waals surface area contributed by atoms with Crippen LogP contribution in [0.2, 0.25) is 5.02 Å². The molecule has 42 heavy (non-hydrogen) atoms. The molecule has 2 aliphatic heterocycles. The molecule has 0 aliphatic carbocycles. The highest BCUT2D eigenvalue weighted by Crippen LogP contribution is 2.38. The molecule has 1 aromatic heterocycles. The quantitative estimate of drug-likeness (QED) is 0.451. The summed E-state index contributed by atoms with van der Waals surface area (Å²) in [5, 5.41) is 7.10. The molecule has 2 saturated heterocycles. The van der Waals surface area contributed by atoms with Gasteiger partial charge in [-0.15, -0.1) is 0 Å². The number of amides is 1. The predicted molar refractivity (Wildman–Crippen MR) is 158 cm³/mol. The van der Waals surface area contributed by atoms with Gasteiger partial charge in [0, 0.05) is 61.8 Å². The maximum atomic E-state index is 15.3. The van der Waals surface area contributed by atoms with Crippen molar-refractivity contribution in [3.05, 3.63) is 86.9 Å². The number of methoxy groups -OCH3 is 1. The van der Waals surface area contributed by atoms with Crippen LogP contribution in [0, 0.1) is 11.7 Å². The number of H-pyrrole nitrogens is 1. The summed E-state index contributed by atoms with van der Waals surface area (Å²) in [5.41, 5.74) is 0.879. The molecule has 224 valence electrons. The van der Waals surface area contributed by atoms with Crippen molar-refractivity contribution in [3.63, 3.8) is 0 Å². The largest absolute Gasteiger partial charge is 0.497 e. The number of nitrogens with zero attached hydrogens (tertiary/aromatic N) is 4. The van der Waals surface area contributed by atoms with Crippen molar-refractivity contribution in [2.24, 2.45) is 5.92 Å². The number of carbonyl (C=O) groups is 1. The smallest absolute Gasteiger partial charge is 0.264 e. The second kappa shape index (κ2) is 12.4. The number of halogens is 2. The number of anilines is 1. The van der Waals surface area contributed by atoms with Crippen LogP contribution in [0.5, 0.6) is 5.75 Å². The topological polar surface area (TPSA) is 116 Å². The molecule has 0 bridgehead atoms. The van der Waals surface area contributed by atoms with Crippen LogP contribution in [0.25, 0.3) is 0 Å². The number of aromatic amines is 1. The summed E-state index contributed by atoms with van der Waals surface area (Å²) in [6, 6.07) is 14.3. The van der Waals surface area contributed by atoms with Crippen molar-refractivity contribution in [2.75, 3.05) is 51.0 Å². The number of aromatic nitrogens is 2. The van der Waals surface area contributed by atoms with Gasteiger partial charge in [-0.3, -0.25) is 9.59 Å². The normalized spacial score (nSPS) is 22.0. The molecule has 13 heteroatoms. The lowest BCUT2D eigenvalue weighted by molar-refractivity contribution is -0.135. The molecule has 5 rings (SSSR count). The van der Waals surface area contributed by atoms with Crippen LogP contribution in [-0.2, 0) is 14.8 Å². The molecule has 1 amide bonds. The van der Waals surface area contributed by atoms with Crippen LogP contribution in [0.15, 0.2) is 59.4 Å². The van der Waals surface area contributed by atoms with Gasteiger partial charge in [0.15, 0.2) is 0 Å². The summed E-state index contributed by atoms with van der Waals surface area (Å²) < 4.78 is 47.7. The van der Waals surface area contributed by atoms with Gasteiger partial charge in [0.25, 0.3) is 5.56 Å². The Hall–Kier alpha value is -3.48. The number of nitrogens with one attached hydrogen (secondary N) is 1. The van der Waals surface area contributed by atoms with Crippen molar-refractivity contribution < 1.29 is 22.3 Å². The van der Waals surface area contributed by atoms with Gasteiger partial charge in [0.1, 0.15) is 17.4 Å². The molecule has 1 N–H and O–H groups in total. The highest BCUT2D eigenvalue weighted by atomic mass is 35.5. The van der Waals surface area contributed by atoms with Gasteiger partial charge >= 0.3 is 0 Å². The second-order valence-electron chi connectivity index (χ2n) is 10.7. The standard InChI is InChI=1S/C29H33ClFN5O5S/c1-41-21-9-10-22(25(31)16-21)23-17-35(27-11-12-28(37)33-32-27)18-24(23)29(38)34-13-3-4-26(19-5-7-20(30)8-6-19)36(15-14-34)42(2,39)40/h5-12,16,23-24,26H,3-4,13-15,17-18H2,1-2H3,(H,33,37)/t23?,24-,26?/m1/s1. The third kappa shape index (κ3) is 6.45. The van der Waals surface area contributed by atoms with Gasteiger partial charge < -0.3 is 14.5 Å². The molecule has 3 aromatic rings. The Balaban J connectivity index is 1.42. The Morgan fingerprint density at radius 2 is 1.83 bits per heavy atom. The molecule has 3 heterocycles. The molecule has 2 fully saturated rings. The van der Waals surface area contributed by atoms with Gasteiger partial charge in [-0.2, -0.15) is 9.40 Å². The third-order valence-electron chi connectivity index (χ3n) is 8.07. The van der Waals surface area contributed by atoms with Gasteiger partial charge in [-0.05, 0) is 48.2 Å². The van der Waals surface area contributed by atoms with Gasteiger partial charge in [0.05, 0.1) is 19.3 Å². The molecular weight excluding hydrogens is 585 g/mol. The first-order valence-corrected chi connectivity index (χ1v) is 15.9. The molecule has 0 spiro atoms. The Labute approximate surface area is 249 Å². The first kappa shape index (κ1) is 30.0. The number of rotatable bonds is 6. The number of benzene rings is 2. The minimum atomic E-state index is -3.60. The fourth-order valence-corrected chi connectivity index (χ4v) is 7.21. The molecule has 2 unspecified atom stereocenters. The van der Waals surface area contributed by atoms with Crippen molar-refractivity contribution in [1.29, 1.82) is 0 Å². The minimum Gasteiger partial charge on any atom is -0.497 e. The summed E-state index contributed by atoms with van der Waals surface area (Å²) in [7, 11) is -2.14. The molecule has 0 saturated carbocycles. The van der Waals surface area contributed by atoms with Crippen LogP contribution in [0.1, 0.15) is 35.9 Å². The van der Waals surface area contributed by atoms with Crippen molar-refractivity contribution in [3.8, 4) is 5.75 Å². The number of carbonyl (C=O) groups excluding carboxylic acids is 1. The van der Waals surface area contributed by atoms with E-state index in [4.69, 9.17) is 16.3 Å². The first-order valence-electron chi connectivity index (χ1n) is 13.7. The van der Waals surface area contributed by atoms with E-state index in [0.717, 1.165) is 5.56 Å². The molecule has 3 atom stereocenters. The summed E-state index contributed by atoms with van der Waals surface area (Å²) >= 11 is 6.06. The summed E-state index contributed by atoms with van der Waals surface area (Å²) in [6.45, 7) is 1.32. The zero-order valence-electron chi connectivity index (χ0n) is 23.4. The van der Waals surface area contributed by atoms with E-state index in [-0.39, 0.29) is 37.1 Å². The van der Waals surface area contributed by atoms with Crippen molar-refractivity contribution in [2.45, 2.75) is 24.8 Å². The van der Waals surface area contributed by atoms with E-state index in [0.29, 0.717) is 48.1 Å². The lowest BCUT2D eigenvalue weighted by atomic mass is 9.87. The fourth-order valence-electron chi connectivity index (χ4n) is 5.98. The Morgan fingerprint density at radius 1 is 1.07 bits per heavy atom. The van der Waals surface area contributed by atoms with E-state index in [1.54, 1.807) is 35.2 Å². The molecule has 0 radical (unpaired) electrons. The maximum absolute atomic E-state index is 15.3. The van der Waals surface area contributed by atoms with E-state index in [2.05, 4.69) is 10.2 Å². The van der Waals surface area contributed by atoms with Crippen LogP contribution >= 0.6 is 11.6 Å². The number of hydrogen-bond donors (Lipinski definition) is 1. The van der Waals surface area contributed by atoms with Crippen LogP contribution in [-0.4, -0.2) is 79.8 Å². The lowest BCUT2D eigenvalue weighted by Crippen LogP contribution is -2.47. The van der Waals surface area contributed by atoms with Crippen LogP contribution < -0.4 is 15.2 Å². The average molecular weight is 618 g/mol. The second-order valence-corrected chi connectivity index (χ2v) is 13.1. The maximum Gasteiger partial charge on any atom is 0.264 e. The van der Waals surface area contributed by atoms with E-state index in [1.807, 2.05) is 17.0 Å². The van der Waals surface area contributed by atoms with E-state index >= 15 is 4.39 Å². The van der Waals surface area contributed by atoms with Gasteiger partial charge in [0.2, 0.25) is 15.9 Å². The summed E-state index contributed by atoms with van der Waals surface area (Å²) in [6.07, 6.45) is 2.27. The van der Waals surface area contributed by atoms with Crippen LogP contribution in [0.3, 0.4) is 0 Å². The zero-order chi connectivity index (χ0) is 30.0. The first-order chi connectivity index (χ1) is 20.0. The molecule has 2 aliphatic rings. The Morgan fingerprint density at radius 3 is 2.48 bits per heavy atom. The number of hydrogen-bond acceptors (Lipinski definition) is 7. The SMILES string of the molecule is COc1ccc(C2CN(c3ccc(=O)[nH]n3)C[C@H]2C(=O)N2CCCC(c3ccc(Cl)cc3)N(S(C)(=O)=O)CC2)c(F)c1. The minimum absolute atomic E-state index is 0.122. The average Bonchev–Trinajstić information content (AvgIpc) is 3.38. The van der Waals surface area contributed by atoms with Crippen molar-refractivity contribution in [1.82, 2.24) is 19.4 Å². The molecule has 2 aromatic carbocycles. The van der Waals surface area contributed by atoms with E-state index < -0.39 is 27.7 Å². The lowest BCUT2D eigenvalue weighted by Gasteiger charge is -2.37. The number of ether oxygens (including phenoxy) is 1. The highest BCUT2D eigenvalue weighted by Gasteiger charge is 2.43. The number of sulfonamides is 1.